The molecule has 3 N–H and O–H groups in total. The summed E-state index contributed by atoms with van der Waals surface area (Å²) in [7, 11) is 0. The van der Waals surface area contributed by atoms with Crippen LogP contribution in [-0.4, -0.2) is 43.3 Å². The van der Waals surface area contributed by atoms with Gasteiger partial charge in [-0.3, -0.25) is 4.79 Å². The largest absolute Gasteiger partial charge is 0.444 e. The number of alkyl carbamates (subject to hydrolysis) is 1. The molecule has 22 heavy (non-hydrogen) atoms. The Hall–Kier alpha value is -1.30. The van der Waals surface area contributed by atoms with E-state index in [1.807, 2.05) is 27.7 Å². The second-order valence-electron chi connectivity index (χ2n) is 6.91. The fourth-order valence-electron chi connectivity index (χ4n) is 2.63. The Balaban J connectivity index is 2.28. The molecular weight excluding hydrogens is 282 g/mol. The summed E-state index contributed by atoms with van der Waals surface area (Å²) in [6, 6.07) is 0.280. The highest BCUT2D eigenvalue weighted by Crippen LogP contribution is 2.25. The zero-order chi connectivity index (χ0) is 16.6. The maximum absolute atomic E-state index is 11.7. The predicted octanol–water partition coefficient (Wildman–Crippen LogP) is 1.80. The molecule has 1 rings (SSSR count). The minimum atomic E-state index is -0.477. The van der Waals surface area contributed by atoms with Crippen LogP contribution in [0.3, 0.4) is 0 Å². The summed E-state index contributed by atoms with van der Waals surface area (Å²) in [6.07, 6.45) is 3.79. The van der Waals surface area contributed by atoms with Gasteiger partial charge in [0.2, 0.25) is 5.91 Å². The van der Waals surface area contributed by atoms with Gasteiger partial charge in [-0.15, -0.1) is 0 Å². The third kappa shape index (κ3) is 7.64. The highest BCUT2D eigenvalue weighted by molar-refractivity contribution is 5.77. The fraction of sp³-hybridized carbons (Fsp3) is 0.875. The first kappa shape index (κ1) is 18.7. The van der Waals surface area contributed by atoms with Gasteiger partial charge < -0.3 is 20.7 Å². The third-order valence-electron chi connectivity index (χ3n) is 3.66. The molecular formula is C16H31N3O3. The van der Waals surface area contributed by atoms with Crippen molar-refractivity contribution in [1.29, 1.82) is 0 Å². The van der Waals surface area contributed by atoms with E-state index >= 15 is 0 Å². The highest BCUT2D eigenvalue weighted by atomic mass is 16.6. The first-order valence-electron chi connectivity index (χ1n) is 8.28. The molecule has 0 radical (unpaired) electrons. The lowest BCUT2D eigenvalue weighted by molar-refractivity contribution is -0.120. The molecule has 0 aromatic heterocycles. The second-order valence-corrected chi connectivity index (χ2v) is 6.91. The lowest BCUT2D eigenvalue weighted by Crippen LogP contribution is -2.44. The van der Waals surface area contributed by atoms with Crippen LogP contribution in [0.4, 0.5) is 4.79 Å². The van der Waals surface area contributed by atoms with Crippen LogP contribution in [0.5, 0.6) is 0 Å². The zero-order valence-corrected chi connectivity index (χ0v) is 14.3. The molecule has 6 nitrogen and oxygen atoms in total. The van der Waals surface area contributed by atoms with Crippen molar-refractivity contribution in [3.63, 3.8) is 0 Å². The molecule has 0 saturated heterocycles. The number of amides is 2. The minimum absolute atomic E-state index is 0.0348. The lowest BCUT2D eigenvalue weighted by Gasteiger charge is -2.23. The molecule has 0 heterocycles. The molecule has 0 aliphatic heterocycles. The van der Waals surface area contributed by atoms with E-state index in [1.54, 1.807) is 0 Å². The number of hydrogen-bond donors (Lipinski definition) is 3. The summed E-state index contributed by atoms with van der Waals surface area (Å²) in [5.74, 6) is 0.388. The van der Waals surface area contributed by atoms with Gasteiger partial charge in [-0.2, -0.15) is 0 Å². The van der Waals surface area contributed by atoms with Crippen LogP contribution in [0, 0.1) is 5.92 Å². The van der Waals surface area contributed by atoms with Crippen molar-refractivity contribution in [1.82, 2.24) is 16.0 Å². The Kier molecular flexibility index (Phi) is 7.65. The average Bonchev–Trinajstić information content (AvgIpc) is 2.86. The van der Waals surface area contributed by atoms with Crippen molar-refractivity contribution in [3.05, 3.63) is 0 Å². The van der Waals surface area contributed by atoms with Crippen LogP contribution in [0.2, 0.25) is 0 Å². The summed E-state index contributed by atoms with van der Waals surface area (Å²) in [5.41, 5.74) is -0.477. The number of ether oxygens (including phenoxy) is 1. The molecule has 1 aliphatic rings. The molecule has 128 valence electrons. The standard InChI is InChI=1S/C16H31N3O3/c1-5-9-17-14(20)11-18-13-8-6-7-12(13)10-19-15(21)22-16(2,3)4/h12-13,18H,5-11H2,1-4H3,(H,17,20)(H,19,21). The van der Waals surface area contributed by atoms with E-state index in [-0.39, 0.29) is 18.0 Å². The highest BCUT2D eigenvalue weighted by Gasteiger charge is 2.28. The number of nitrogens with one attached hydrogen (secondary N) is 3. The van der Waals surface area contributed by atoms with Crippen LogP contribution in [-0.2, 0) is 9.53 Å². The Labute approximate surface area is 133 Å². The maximum atomic E-state index is 11.7. The SMILES string of the molecule is CCCNC(=O)CNC1CCCC1CNC(=O)OC(C)(C)C. The summed E-state index contributed by atoms with van der Waals surface area (Å²) in [5, 5.41) is 9.00. The van der Waals surface area contributed by atoms with Gasteiger partial charge in [-0.05, 0) is 46.0 Å². The van der Waals surface area contributed by atoms with Gasteiger partial charge in [0.25, 0.3) is 0 Å². The first-order valence-corrected chi connectivity index (χ1v) is 8.28. The topological polar surface area (TPSA) is 79.5 Å². The van der Waals surface area contributed by atoms with Gasteiger partial charge in [-0.25, -0.2) is 4.79 Å². The van der Waals surface area contributed by atoms with Crippen molar-refractivity contribution < 1.29 is 14.3 Å². The van der Waals surface area contributed by atoms with Gasteiger partial charge in [0.1, 0.15) is 5.60 Å². The molecule has 0 spiro atoms. The van der Waals surface area contributed by atoms with E-state index in [1.165, 1.54) is 0 Å². The Morgan fingerprint density at radius 3 is 2.55 bits per heavy atom. The van der Waals surface area contributed by atoms with Gasteiger partial charge in [0, 0.05) is 19.1 Å². The van der Waals surface area contributed by atoms with E-state index in [9.17, 15) is 9.59 Å². The summed E-state index contributed by atoms with van der Waals surface area (Å²) < 4.78 is 5.24. The van der Waals surface area contributed by atoms with E-state index in [0.717, 1.165) is 32.2 Å². The van der Waals surface area contributed by atoms with Crippen LogP contribution < -0.4 is 16.0 Å². The van der Waals surface area contributed by atoms with Crippen molar-refractivity contribution >= 4 is 12.0 Å². The van der Waals surface area contributed by atoms with Crippen molar-refractivity contribution in [2.45, 2.75) is 65.0 Å². The molecule has 6 heteroatoms. The van der Waals surface area contributed by atoms with Gasteiger partial charge in [0.05, 0.1) is 6.54 Å². The van der Waals surface area contributed by atoms with Crippen molar-refractivity contribution in [2.75, 3.05) is 19.6 Å². The molecule has 1 fully saturated rings. The van der Waals surface area contributed by atoms with E-state index in [2.05, 4.69) is 16.0 Å². The second kappa shape index (κ2) is 8.98. The Morgan fingerprint density at radius 2 is 1.91 bits per heavy atom. The number of hydrogen-bond acceptors (Lipinski definition) is 4. The molecule has 1 saturated carbocycles. The molecule has 2 unspecified atom stereocenters. The third-order valence-corrected chi connectivity index (χ3v) is 3.66. The monoisotopic (exact) mass is 313 g/mol. The van der Waals surface area contributed by atoms with Crippen LogP contribution in [0.25, 0.3) is 0 Å². The van der Waals surface area contributed by atoms with Crippen molar-refractivity contribution in [2.24, 2.45) is 5.92 Å². The fourth-order valence-corrected chi connectivity index (χ4v) is 2.63. The molecule has 2 amide bonds. The molecule has 0 aromatic carbocycles. The predicted molar refractivity (Wildman–Crippen MR) is 86.7 cm³/mol. The van der Waals surface area contributed by atoms with E-state index in [4.69, 9.17) is 4.74 Å². The Bertz CT molecular complexity index is 366. The molecule has 0 aromatic rings. The van der Waals surface area contributed by atoms with Gasteiger partial charge in [-0.1, -0.05) is 13.3 Å². The quantitative estimate of drug-likeness (QED) is 0.669. The molecule has 1 aliphatic carbocycles. The van der Waals surface area contributed by atoms with Crippen LogP contribution >= 0.6 is 0 Å². The maximum Gasteiger partial charge on any atom is 0.407 e. The average molecular weight is 313 g/mol. The van der Waals surface area contributed by atoms with Gasteiger partial charge >= 0.3 is 6.09 Å². The normalized spacial score (nSPS) is 21.5. The smallest absolute Gasteiger partial charge is 0.407 e. The zero-order valence-electron chi connectivity index (χ0n) is 14.3. The summed E-state index contributed by atoms with van der Waals surface area (Å²) >= 11 is 0. The number of carbonyl (C=O) groups is 2. The number of carbonyl (C=O) groups excluding carboxylic acids is 2. The van der Waals surface area contributed by atoms with Crippen LogP contribution in [0.1, 0.15) is 53.4 Å². The lowest BCUT2D eigenvalue weighted by atomic mass is 10.0. The van der Waals surface area contributed by atoms with Crippen LogP contribution in [0.15, 0.2) is 0 Å². The van der Waals surface area contributed by atoms with E-state index < -0.39 is 5.60 Å². The molecule has 2 atom stereocenters. The van der Waals surface area contributed by atoms with Crippen molar-refractivity contribution in [3.8, 4) is 0 Å². The Morgan fingerprint density at radius 1 is 1.18 bits per heavy atom. The van der Waals surface area contributed by atoms with E-state index in [0.29, 0.717) is 19.0 Å². The summed E-state index contributed by atoms with van der Waals surface area (Å²) in [6.45, 7) is 9.22. The summed E-state index contributed by atoms with van der Waals surface area (Å²) in [4.78, 5) is 23.3. The minimum Gasteiger partial charge on any atom is -0.444 e. The first-order chi connectivity index (χ1) is 10.3. The number of rotatable bonds is 7. The van der Waals surface area contributed by atoms with Gasteiger partial charge in [0.15, 0.2) is 0 Å². The molecule has 0 bridgehead atoms.